The van der Waals surface area contributed by atoms with E-state index >= 15 is 0 Å². The molecule has 0 aromatic heterocycles. The zero-order valence-corrected chi connectivity index (χ0v) is 17.1. The number of aliphatic hydroxyl groups is 3. The largest absolute Gasteiger partial charge is 0.458 e. The van der Waals surface area contributed by atoms with E-state index in [0.29, 0.717) is 18.9 Å². The van der Waals surface area contributed by atoms with Crippen LogP contribution < -0.4 is 0 Å². The van der Waals surface area contributed by atoms with E-state index < -0.39 is 17.1 Å². The van der Waals surface area contributed by atoms with Gasteiger partial charge in [0, 0.05) is 11.5 Å². The first-order valence-corrected chi connectivity index (χ1v) is 11.1. The average molecular weight is 391 g/mol. The van der Waals surface area contributed by atoms with Gasteiger partial charge in [-0.3, -0.25) is 0 Å². The first-order chi connectivity index (χ1) is 13.2. The molecule has 9 atom stereocenters. The summed E-state index contributed by atoms with van der Waals surface area (Å²) in [4.78, 5) is 11.6. The molecule has 0 aromatic rings. The van der Waals surface area contributed by atoms with Crippen LogP contribution in [0.25, 0.3) is 0 Å². The van der Waals surface area contributed by atoms with E-state index in [1.807, 2.05) is 0 Å². The Morgan fingerprint density at radius 3 is 2.61 bits per heavy atom. The van der Waals surface area contributed by atoms with Gasteiger partial charge in [0.15, 0.2) is 0 Å². The van der Waals surface area contributed by atoms with Gasteiger partial charge in [-0.2, -0.15) is 0 Å². The number of rotatable bonds is 1. The summed E-state index contributed by atoms with van der Waals surface area (Å²) in [7, 11) is 0. The van der Waals surface area contributed by atoms with E-state index in [9.17, 15) is 20.1 Å². The summed E-state index contributed by atoms with van der Waals surface area (Å²) >= 11 is 0. The second-order valence-electron chi connectivity index (χ2n) is 10.9. The maximum absolute atomic E-state index is 12.1. The number of hydrogen-bond acceptors (Lipinski definition) is 5. The van der Waals surface area contributed by atoms with Crippen molar-refractivity contribution in [2.24, 2.45) is 34.5 Å². The Balaban J connectivity index is 1.51. The summed E-state index contributed by atoms with van der Waals surface area (Å²) < 4.78 is 5.17. The third-order valence-electron chi connectivity index (χ3n) is 9.89. The number of aliphatic hydroxyl groups excluding tert-OH is 2. The fourth-order valence-corrected chi connectivity index (χ4v) is 8.49. The van der Waals surface area contributed by atoms with E-state index in [1.54, 1.807) is 6.08 Å². The highest BCUT2D eigenvalue weighted by molar-refractivity contribution is 5.85. The van der Waals surface area contributed by atoms with Crippen LogP contribution in [0.15, 0.2) is 11.6 Å². The van der Waals surface area contributed by atoms with Gasteiger partial charge in [0.05, 0.1) is 17.8 Å². The SMILES string of the molecule is C[C@]12CC[C@H](O)C[C@@H]1CC[C@H]1[C@H]2[C@@H](O)C[C@@]2(C)[C@H](C3=CC(=O)OC3)CC[C@]12O. The van der Waals surface area contributed by atoms with Crippen molar-refractivity contribution in [3.8, 4) is 0 Å². The molecule has 4 aliphatic carbocycles. The summed E-state index contributed by atoms with van der Waals surface area (Å²) in [5.41, 5.74) is -0.250. The molecule has 0 aromatic carbocycles. The van der Waals surface area contributed by atoms with E-state index in [1.165, 1.54) is 0 Å². The summed E-state index contributed by atoms with van der Waals surface area (Å²) in [5, 5.41) is 33.7. The van der Waals surface area contributed by atoms with Gasteiger partial charge in [-0.25, -0.2) is 4.79 Å². The van der Waals surface area contributed by atoms with Crippen molar-refractivity contribution in [1.29, 1.82) is 0 Å². The first kappa shape index (κ1) is 19.1. The number of carbonyl (C=O) groups is 1. The summed E-state index contributed by atoms with van der Waals surface area (Å²) in [6, 6.07) is 0. The van der Waals surface area contributed by atoms with E-state index in [0.717, 1.165) is 50.5 Å². The molecule has 1 aliphatic heterocycles. The Bertz CT molecular complexity index is 718. The lowest BCUT2D eigenvalue weighted by molar-refractivity contribution is -0.242. The Morgan fingerprint density at radius 2 is 1.89 bits per heavy atom. The predicted octanol–water partition coefficient (Wildman–Crippen LogP) is 2.58. The Hall–Kier alpha value is -0.910. The fourth-order valence-electron chi connectivity index (χ4n) is 8.49. The van der Waals surface area contributed by atoms with Crippen LogP contribution in [0.3, 0.4) is 0 Å². The highest BCUT2D eigenvalue weighted by atomic mass is 16.5. The van der Waals surface area contributed by atoms with Gasteiger partial charge < -0.3 is 20.1 Å². The lowest BCUT2D eigenvalue weighted by Crippen LogP contribution is -2.66. The van der Waals surface area contributed by atoms with Crippen LogP contribution in [-0.2, 0) is 9.53 Å². The number of ether oxygens (including phenoxy) is 1. The highest BCUT2D eigenvalue weighted by Gasteiger charge is 2.69. The monoisotopic (exact) mass is 390 g/mol. The molecule has 5 aliphatic rings. The molecule has 4 saturated carbocycles. The standard InChI is InChI=1S/C23H34O5/c1-21-7-5-15(24)10-14(21)3-4-17-20(21)18(25)11-22(2)16(6-8-23(17,22)27)13-9-19(26)28-12-13/h9,14-18,20,24-25,27H,3-8,10-12H2,1-2H3/t14-,15-,16-,17-,18-,20-,21-,22-,23-/m0/s1. The van der Waals surface area contributed by atoms with E-state index in [-0.39, 0.29) is 35.2 Å². The fraction of sp³-hybridized carbons (Fsp3) is 0.870. The highest BCUT2D eigenvalue weighted by Crippen LogP contribution is 2.69. The normalized spacial score (nSPS) is 55.8. The second kappa shape index (κ2) is 6.05. The van der Waals surface area contributed by atoms with Crippen molar-refractivity contribution in [2.75, 3.05) is 6.61 Å². The Kier molecular flexibility index (Phi) is 4.12. The van der Waals surface area contributed by atoms with Gasteiger partial charge in [-0.05, 0) is 86.0 Å². The summed E-state index contributed by atoms with van der Waals surface area (Å²) in [6.45, 7) is 4.76. The van der Waals surface area contributed by atoms with Gasteiger partial charge in [-0.1, -0.05) is 13.8 Å². The molecule has 0 unspecified atom stereocenters. The minimum absolute atomic E-state index is 0.0115. The molecule has 28 heavy (non-hydrogen) atoms. The van der Waals surface area contributed by atoms with Crippen LogP contribution in [0.2, 0.25) is 0 Å². The molecule has 4 fully saturated rings. The lowest BCUT2D eigenvalue weighted by atomic mass is 9.42. The molecular weight excluding hydrogens is 356 g/mol. The summed E-state index contributed by atoms with van der Waals surface area (Å²) in [5.74, 6) is 0.420. The number of fused-ring (bicyclic) bond motifs is 5. The minimum atomic E-state index is -0.807. The van der Waals surface area contributed by atoms with Gasteiger partial charge >= 0.3 is 5.97 Å². The second-order valence-corrected chi connectivity index (χ2v) is 10.9. The Labute approximate surface area is 167 Å². The van der Waals surface area contributed by atoms with Crippen LogP contribution in [0.1, 0.15) is 65.2 Å². The quantitative estimate of drug-likeness (QED) is 0.599. The minimum Gasteiger partial charge on any atom is -0.458 e. The molecule has 0 saturated heterocycles. The van der Waals surface area contributed by atoms with Crippen molar-refractivity contribution in [1.82, 2.24) is 0 Å². The first-order valence-electron chi connectivity index (χ1n) is 11.1. The molecule has 5 heteroatoms. The van der Waals surface area contributed by atoms with E-state index in [2.05, 4.69) is 13.8 Å². The molecule has 5 rings (SSSR count). The van der Waals surface area contributed by atoms with Gasteiger partial charge in [-0.15, -0.1) is 0 Å². The molecule has 0 spiro atoms. The smallest absolute Gasteiger partial charge is 0.331 e. The molecule has 0 bridgehead atoms. The molecule has 0 radical (unpaired) electrons. The number of cyclic esters (lactones) is 1. The van der Waals surface area contributed by atoms with Crippen LogP contribution in [-0.4, -0.2) is 45.7 Å². The van der Waals surface area contributed by atoms with Crippen LogP contribution >= 0.6 is 0 Å². The van der Waals surface area contributed by atoms with Gasteiger partial charge in [0.2, 0.25) is 0 Å². The lowest BCUT2D eigenvalue weighted by Gasteiger charge is -2.65. The predicted molar refractivity (Wildman–Crippen MR) is 103 cm³/mol. The molecule has 0 amide bonds. The van der Waals surface area contributed by atoms with Crippen LogP contribution in [0, 0.1) is 34.5 Å². The van der Waals surface area contributed by atoms with E-state index in [4.69, 9.17) is 4.74 Å². The average Bonchev–Trinajstić information content (AvgIpc) is 3.16. The zero-order valence-electron chi connectivity index (χ0n) is 17.1. The van der Waals surface area contributed by atoms with Crippen molar-refractivity contribution < 1.29 is 24.9 Å². The number of esters is 1. The third kappa shape index (κ3) is 2.33. The van der Waals surface area contributed by atoms with Crippen LogP contribution in [0.4, 0.5) is 0 Å². The van der Waals surface area contributed by atoms with Gasteiger partial charge in [0.1, 0.15) is 6.61 Å². The van der Waals surface area contributed by atoms with Crippen molar-refractivity contribution in [3.05, 3.63) is 11.6 Å². The number of carbonyl (C=O) groups excluding carboxylic acids is 1. The van der Waals surface area contributed by atoms with Crippen molar-refractivity contribution in [3.63, 3.8) is 0 Å². The topological polar surface area (TPSA) is 87.0 Å². The van der Waals surface area contributed by atoms with Crippen molar-refractivity contribution >= 4 is 5.97 Å². The zero-order chi connectivity index (χ0) is 19.9. The molecular formula is C23H34O5. The molecule has 156 valence electrons. The maximum atomic E-state index is 12.1. The van der Waals surface area contributed by atoms with Crippen LogP contribution in [0.5, 0.6) is 0 Å². The summed E-state index contributed by atoms with van der Waals surface area (Å²) in [6.07, 6.45) is 7.61. The molecule has 1 heterocycles. The van der Waals surface area contributed by atoms with Gasteiger partial charge in [0.25, 0.3) is 0 Å². The molecule has 5 nitrogen and oxygen atoms in total. The van der Waals surface area contributed by atoms with Crippen molar-refractivity contribution in [2.45, 2.75) is 83.0 Å². The maximum Gasteiger partial charge on any atom is 0.331 e. The Morgan fingerprint density at radius 1 is 1.11 bits per heavy atom. The molecule has 3 N–H and O–H groups in total. The number of hydrogen-bond donors (Lipinski definition) is 3. The third-order valence-corrected chi connectivity index (χ3v) is 9.89.